The first-order valence-electron chi connectivity index (χ1n) is 3.57. The fourth-order valence-corrected chi connectivity index (χ4v) is 0.713. The molecule has 0 spiro atoms. The van der Waals surface area contributed by atoms with E-state index in [2.05, 4.69) is 6.92 Å². The largest absolute Gasteiger partial charge is 0.391 e. The van der Waals surface area contributed by atoms with Gasteiger partial charge in [-0.05, 0) is 6.42 Å². The van der Waals surface area contributed by atoms with Gasteiger partial charge in [0.1, 0.15) is 6.61 Å². The maximum Gasteiger partial charge on any atom is 0.108 e. The topological polar surface area (TPSA) is 40.1 Å². The molecule has 1 N–H and O–H groups in total. The number of hydrogen-bond acceptors (Lipinski definition) is 1. The predicted octanol–water partition coefficient (Wildman–Crippen LogP) is 1.36. The van der Waals surface area contributed by atoms with Crippen molar-refractivity contribution in [2.45, 2.75) is 38.7 Å². The van der Waals surface area contributed by atoms with Gasteiger partial charge in [-0.15, -0.1) is 0 Å². The van der Waals surface area contributed by atoms with E-state index in [1.807, 2.05) is 0 Å². The minimum absolute atomic E-state index is 0.344. The Morgan fingerprint density at radius 2 is 2.11 bits per heavy atom. The molecule has 0 bridgehead atoms. The molecule has 0 saturated heterocycles. The van der Waals surface area contributed by atoms with Gasteiger partial charge in [-0.3, -0.25) is 0 Å². The van der Waals surface area contributed by atoms with Crippen LogP contribution in [-0.4, -0.2) is 17.8 Å². The second kappa shape index (κ2) is 6.05. The van der Waals surface area contributed by atoms with Gasteiger partial charge in [-0.2, -0.15) is 0 Å². The molecule has 0 fully saturated rings. The van der Waals surface area contributed by atoms with Crippen molar-refractivity contribution >= 4 is 0 Å². The van der Waals surface area contributed by atoms with E-state index in [1.165, 1.54) is 0 Å². The Bertz CT molecular complexity index is 54.9. The van der Waals surface area contributed by atoms with Crippen LogP contribution in [0.15, 0.2) is 0 Å². The molecule has 2 heteroatoms. The number of aliphatic hydroxyl groups excluding tert-OH is 1. The molecule has 1 unspecified atom stereocenters. The van der Waals surface area contributed by atoms with Crippen LogP contribution in [0.25, 0.3) is 0 Å². The molecule has 2 nitrogen and oxygen atoms in total. The van der Waals surface area contributed by atoms with Gasteiger partial charge in [0, 0.05) is 0 Å². The quantitative estimate of drug-likeness (QED) is 0.562. The summed E-state index contributed by atoms with van der Waals surface area (Å²) in [6.07, 6.45) is 3.33. The van der Waals surface area contributed by atoms with Crippen molar-refractivity contribution in [1.82, 2.24) is 0 Å². The number of unbranched alkanes of at least 4 members (excludes halogenated alkanes) is 2. The molecule has 1 radical (unpaired) electrons. The van der Waals surface area contributed by atoms with Crippen molar-refractivity contribution in [2.24, 2.45) is 0 Å². The molecule has 0 heterocycles. The lowest BCUT2D eigenvalue weighted by Gasteiger charge is -2.02. The highest BCUT2D eigenvalue weighted by Gasteiger charge is 1.99. The lowest BCUT2D eigenvalue weighted by atomic mass is 10.1. The fourth-order valence-electron chi connectivity index (χ4n) is 0.713. The molecular formula is C7H15O2. The summed E-state index contributed by atoms with van der Waals surface area (Å²) in [6, 6.07) is 0. The molecule has 0 aliphatic heterocycles. The third-order valence-electron chi connectivity index (χ3n) is 1.33. The highest BCUT2D eigenvalue weighted by atomic mass is 16.3. The lowest BCUT2D eigenvalue weighted by Crippen LogP contribution is -2.09. The first-order chi connectivity index (χ1) is 4.31. The Morgan fingerprint density at radius 3 is 2.56 bits per heavy atom. The second-order valence-electron chi connectivity index (χ2n) is 2.32. The summed E-state index contributed by atoms with van der Waals surface area (Å²) in [4.78, 5) is 0. The van der Waals surface area contributed by atoms with Gasteiger partial charge in [0.2, 0.25) is 0 Å². The molecule has 1 atom stereocenters. The van der Waals surface area contributed by atoms with Crippen LogP contribution in [0.4, 0.5) is 0 Å². The Balaban J connectivity index is 2.88. The number of rotatable bonds is 5. The van der Waals surface area contributed by atoms with Crippen LogP contribution in [0, 0.1) is 0 Å². The molecule has 0 saturated carbocycles. The van der Waals surface area contributed by atoms with E-state index in [9.17, 15) is 5.11 Å². The summed E-state index contributed by atoms with van der Waals surface area (Å²) in [7, 11) is 0. The van der Waals surface area contributed by atoms with Crippen molar-refractivity contribution < 1.29 is 10.2 Å². The average molecular weight is 131 g/mol. The van der Waals surface area contributed by atoms with Crippen LogP contribution in [0.5, 0.6) is 0 Å². The zero-order chi connectivity index (χ0) is 7.11. The summed E-state index contributed by atoms with van der Waals surface area (Å²) in [5, 5.41) is 18.7. The van der Waals surface area contributed by atoms with Crippen molar-refractivity contribution in [2.75, 3.05) is 6.61 Å². The third-order valence-corrected chi connectivity index (χ3v) is 1.33. The molecule has 0 aliphatic rings. The minimum Gasteiger partial charge on any atom is -0.391 e. The average Bonchev–Trinajstić information content (AvgIpc) is 1.89. The first kappa shape index (κ1) is 8.92. The minimum atomic E-state index is -0.600. The Labute approximate surface area is 56.5 Å². The van der Waals surface area contributed by atoms with E-state index in [1.54, 1.807) is 0 Å². The van der Waals surface area contributed by atoms with Crippen molar-refractivity contribution in [3.8, 4) is 0 Å². The normalized spacial score (nSPS) is 13.7. The molecule has 9 heavy (non-hydrogen) atoms. The van der Waals surface area contributed by atoms with Crippen molar-refractivity contribution in [3.05, 3.63) is 0 Å². The van der Waals surface area contributed by atoms with Crippen molar-refractivity contribution in [3.63, 3.8) is 0 Å². The van der Waals surface area contributed by atoms with Gasteiger partial charge in [0.15, 0.2) is 0 Å². The van der Waals surface area contributed by atoms with Crippen LogP contribution in [0.2, 0.25) is 0 Å². The summed E-state index contributed by atoms with van der Waals surface area (Å²) in [5.41, 5.74) is 0. The van der Waals surface area contributed by atoms with Crippen molar-refractivity contribution in [1.29, 1.82) is 0 Å². The number of aliphatic hydroxyl groups is 1. The van der Waals surface area contributed by atoms with E-state index in [0.29, 0.717) is 6.42 Å². The summed E-state index contributed by atoms with van der Waals surface area (Å²) < 4.78 is 0. The lowest BCUT2D eigenvalue weighted by molar-refractivity contribution is 0.0486. The molecule has 0 aromatic carbocycles. The van der Waals surface area contributed by atoms with E-state index < -0.39 is 6.10 Å². The number of hydrogen-bond donors (Lipinski definition) is 1. The molecule has 55 valence electrons. The molecule has 0 aromatic heterocycles. The van der Waals surface area contributed by atoms with Gasteiger partial charge in [0.25, 0.3) is 0 Å². The van der Waals surface area contributed by atoms with Crippen LogP contribution >= 0.6 is 0 Å². The Kier molecular flexibility index (Phi) is 5.99. The zero-order valence-corrected chi connectivity index (χ0v) is 5.97. The van der Waals surface area contributed by atoms with Gasteiger partial charge < -0.3 is 5.11 Å². The van der Waals surface area contributed by atoms with E-state index in [-0.39, 0.29) is 6.61 Å². The summed E-state index contributed by atoms with van der Waals surface area (Å²) in [5.74, 6) is 0. The van der Waals surface area contributed by atoms with Gasteiger partial charge in [-0.1, -0.05) is 26.2 Å². The SMILES string of the molecule is CCCCCC(O)C[O]. The molecule has 0 aromatic rings. The monoisotopic (exact) mass is 131 g/mol. The highest BCUT2D eigenvalue weighted by molar-refractivity contribution is 4.51. The van der Waals surface area contributed by atoms with Gasteiger partial charge in [-0.25, -0.2) is 5.11 Å². The first-order valence-corrected chi connectivity index (χ1v) is 3.57. The fraction of sp³-hybridized carbons (Fsp3) is 1.00. The van der Waals surface area contributed by atoms with Crippen LogP contribution in [0.1, 0.15) is 32.6 Å². The van der Waals surface area contributed by atoms with Gasteiger partial charge >= 0.3 is 0 Å². The molecular weight excluding hydrogens is 116 g/mol. The van der Waals surface area contributed by atoms with E-state index >= 15 is 0 Å². The summed E-state index contributed by atoms with van der Waals surface area (Å²) in [6.45, 7) is 1.76. The van der Waals surface area contributed by atoms with Crippen LogP contribution < -0.4 is 0 Å². The zero-order valence-electron chi connectivity index (χ0n) is 5.97. The maximum atomic E-state index is 9.97. The molecule has 0 amide bonds. The van der Waals surface area contributed by atoms with E-state index in [0.717, 1.165) is 19.3 Å². The van der Waals surface area contributed by atoms with Gasteiger partial charge in [0.05, 0.1) is 6.10 Å². The van der Waals surface area contributed by atoms with Crippen LogP contribution in [-0.2, 0) is 5.11 Å². The second-order valence-corrected chi connectivity index (χ2v) is 2.32. The standard InChI is InChI=1S/C7H15O2/c1-2-3-4-5-7(9)6-8/h7,9H,2-6H2,1H3. The Hall–Kier alpha value is -0.0800. The van der Waals surface area contributed by atoms with Crippen LogP contribution in [0.3, 0.4) is 0 Å². The molecule has 0 rings (SSSR count). The summed E-state index contributed by atoms with van der Waals surface area (Å²) >= 11 is 0. The smallest absolute Gasteiger partial charge is 0.108 e. The third kappa shape index (κ3) is 5.80. The molecule has 0 aliphatic carbocycles. The predicted molar refractivity (Wildman–Crippen MR) is 35.7 cm³/mol. The van der Waals surface area contributed by atoms with E-state index in [4.69, 9.17) is 5.11 Å². The highest BCUT2D eigenvalue weighted by Crippen LogP contribution is 2.01. The maximum absolute atomic E-state index is 9.97. The Morgan fingerprint density at radius 1 is 1.44 bits per heavy atom.